The number of hydrogen-bond donors (Lipinski definition) is 0. The van der Waals surface area contributed by atoms with Crippen LogP contribution >= 0.6 is 0 Å². The minimum atomic E-state index is -0.343. The fourth-order valence-electron chi connectivity index (χ4n) is 3.37. The van der Waals surface area contributed by atoms with E-state index in [4.69, 9.17) is 9.26 Å². The standard InChI is InChI=1S/C23H23FN4O3/c1-30-19-9-6-18(7-10-19)23-25-21(31-26-23)16-27-12-14-28(15-13-27)22(29)11-8-17-4-2-3-5-20(17)24/h2-11H,12-16H2,1H3/b11-8+. The Morgan fingerprint density at radius 2 is 1.87 bits per heavy atom. The zero-order valence-corrected chi connectivity index (χ0v) is 17.2. The molecule has 1 fully saturated rings. The van der Waals surface area contributed by atoms with Crippen LogP contribution in [-0.4, -0.2) is 59.1 Å². The molecule has 1 aliphatic heterocycles. The van der Waals surface area contributed by atoms with E-state index in [2.05, 4.69) is 15.0 Å². The van der Waals surface area contributed by atoms with Crippen molar-refractivity contribution in [1.82, 2.24) is 19.9 Å². The van der Waals surface area contributed by atoms with Crippen molar-refractivity contribution in [3.63, 3.8) is 0 Å². The summed E-state index contributed by atoms with van der Waals surface area (Å²) in [6, 6.07) is 13.8. The van der Waals surface area contributed by atoms with Crippen LogP contribution in [0.2, 0.25) is 0 Å². The van der Waals surface area contributed by atoms with Crippen molar-refractivity contribution in [3.05, 3.63) is 71.9 Å². The van der Waals surface area contributed by atoms with Gasteiger partial charge in [0.2, 0.25) is 17.6 Å². The van der Waals surface area contributed by atoms with Gasteiger partial charge in [-0.25, -0.2) is 4.39 Å². The topological polar surface area (TPSA) is 71.7 Å². The van der Waals surface area contributed by atoms with E-state index in [1.807, 2.05) is 24.3 Å². The Hall–Kier alpha value is -3.52. The molecule has 0 saturated carbocycles. The number of carbonyl (C=O) groups is 1. The number of carbonyl (C=O) groups excluding carboxylic acids is 1. The molecule has 1 amide bonds. The SMILES string of the molecule is COc1ccc(-c2noc(CN3CCN(C(=O)/C=C/c4ccccc4F)CC3)n2)cc1. The first-order valence-corrected chi connectivity index (χ1v) is 10.0. The van der Waals surface area contributed by atoms with Crippen molar-refractivity contribution in [1.29, 1.82) is 0 Å². The minimum absolute atomic E-state index is 0.123. The number of aromatic nitrogens is 2. The minimum Gasteiger partial charge on any atom is -0.497 e. The molecule has 1 aromatic heterocycles. The van der Waals surface area contributed by atoms with Gasteiger partial charge in [0, 0.05) is 43.4 Å². The van der Waals surface area contributed by atoms with Crippen LogP contribution in [0.3, 0.4) is 0 Å². The molecule has 2 aromatic carbocycles. The summed E-state index contributed by atoms with van der Waals surface area (Å²) < 4.78 is 24.2. The monoisotopic (exact) mass is 422 g/mol. The molecule has 7 nitrogen and oxygen atoms in total. The first-order chi connectivity index (χ1) is 15.1. The van der Waals surface area contributed by atoms with Gasteiger partial charge >= 0.3 is 0 Å². The van der Waals surface area contributed by atoms with E-state index in [0.29, 0.717) is 50.0 Å². The zero-order valence-electron chi connectivity index (χ0n) is 17.2. The molecular formula is C23H23FN4O3. The Morgan fingerprint density at radius 3 is 2.58 bits per heavy atom. The van der Waals surface area contributed by atoms with Gasteiger partial charge in [-0.15, -0.1) is 0 Å². The van der Waals surface area contributed by atoms with Gasteiger partial charge in [-0.2, -0.15) is 4.98 Å². The highest BCUT2D eigenvalue weighted by atomic mass is 19.1. The second kappa shape index (κ2) is 9.53. The van der Waals surface area contributed by atoms with E-state index >= 15 is 0 Å². The lowest BCUT2D eigenvalue weighted by Gasteiger charge is -2.33. The lowest BCUT2D eigenvalue weighted by atomic mass is 10.2. The molecule has 4 rings (SSSR count). The van der Waals surface area contributed by atoms with E-state index in [0.717, 1.165) is 11.3 Å². The number of ether oxygens (including phenoxy) is 1. The van der Waals surface area contributed by atoms with Gasteiger partial charge < -0.3 is 14.2 Å². The summed E-state index contributed by atoms with van der Waals surface area (Å²) in [6.45, 7) is 3.08. The number of halogens is 1. The summed E-state index contributed by atoms with van der Waals surface area (Å²) in [5.74, 6) is 1.37. The second-order valence-electron chi connectivity index (χ2n) is 7.20. The largest absolute Gasteiger partial charge is 0.497 e. The molecule has 0 spiro atoms. The third-order valence-corrected chi connectivity index (χ3v) is 5.17. The molecule has 0 bridgehead atoms. The van der Waals surface area contributed by atoms with Gasteiger partial charge in [-0.3, -0.25) is 9.69 Å². The number of piperazine rings is 1. The lowest BCUT2D eigenvalue weighted by molar-refractivity contribution is -0.127. The smallest absolute Gasteiger partial charge is 0.246 e. The van der Waals surface area contributed by atoms with Crippen LogP contribution < -0.4 is 4.74 Å². The summed E-state index contributed by atoms with van der Waals surface area (Å²) in [4.78, 5) is 20.8. The van der Waals surface area contributed by atoms with E-state index < -0.39 is 0 Å². The Balaban J connectivity index is 1.29. The predicted molar refractivity (Wildman–Crippen MR) is 114 cm³/mol. The van der Waals surface area contributed by atoms with Crippen molar-refractivity contribution in [3.8, 4) is 17.1 Å². The molecule has 31 heavy (non-hydrogen) atoms. The zero-order chi connectivity index (χ0) is 21.6. The third kappa shape index (κ3) is 5.16. The summed E-state index contributed by atoms with van der Waals surface area (Å²) in [5, 5.41) is 4.05. The van der Waals surface area contributed by atoms with Crippen molar-refractivity contribution >= 4 is 12.0 Å². The Bertz CT molecular complexity index is 1060. The van der Waals surface area contributed by atoms with Gasteiger partial charge in [-0.05, 0) is 36.4 Å². The second-order valence-corrected chi connectivity index (χ2v) is 7.20. The number of amides is 1. The van der Waals surface area contributed by atoms with Gasteiger partial charge in [-0.1, -0.05) is 23.4 Å². The Morgan fingerprint density at radius 1 is 1.13 bits per heavy atom. The average molecular weight is 422 g/mol. The molecule has 1 saturated heterocycles. The van der Waals surface area contributed by atoms with Crippen molar-refractivity contribution < 1.29 is 18.4 Å². The van der Waals surface area contributed by atoms with Crippen molar-refractivity contribution in [2.45, 2.75) is 6.54 Å². The highest BCUT2D eigenvalue weighted by molar-refractivity contribution is 5.91. The van der Waals surface area contributed by atoms with Gasteiger partial charge in [0.15, 0.2) is 0 Å². The quantitative estimate of drug-likeness (QED) is 0.568. The Kier molecular flexibility index (Phi) is 6.37. The molecule has 0 aliphatic carbocycles. The molecule has 3 aromatic rings. The number of benzene rings is 2. The van der Waals surface area contributed by atoms with Crippen LogP contribution in [0.5, 0.6) is 5.75 Å². The fraction of sp³-hybridized carbons (Fsp3) is 0.261. The third-order valence-electron chi connectivity index (χ3n) is 5.17. The number of hydrogen-bond acceptors (Lipinski definition) is 6. The van der Waals surface area contributed by atoms with E-state index in [-0.39, 0.29) is 11.7 Å². The molecule has 0 N–H and O–H groups in total. The van der Waals surface area contributed by atoms with Gasteiger partial charge in [0.1, 0.15) is 11.6 Å². The van der Waals surface area contributed by atoms with Gasteiger partial charge in [0.25, 0.3) is 0 Å². The van der Waals surface area contributed by atoms with Crippen LogP contribution in [0.15, 0.2) is 59.1 Å². The summed E-state index contributed by atoms with van der Waals surface area (Å²) in [6.07, 6.45) is 2.94. The van der Waals surface area contributed by atoms with Crippen LogP contribution in [0.4, 0.5) is 4.39 Å². The first kappa shape index (κ1) is 20.7. The van der Waals surface area contributed by atoms with Crippen molar-refractivity contribution in [2.24, 2.45) is 0 Å². The molecule has 2 heterocycles. The maximum Gasteiger partial charge on any atom is 0.246 e. The molecule has 0 atom stereocenters. The molecule has 0 radical (unpaired) electrons. The highest BCUT2D eigenvalue weighted by Gasteiger charge is 2.21. The molecular weight excluding hydrogens is 399 g/mol. The number of rotatable bonds is 6. The number of methoxy groups -OCH3 is 1. The van der Waals surface area contributed by atoms with E-state index in [9.17, 15) is 9.18 Å². The van der Waals surface area contributed by atoms with Crippen LogP contribution in [0.1, 0.15) is 11.5 Å². The van der Waals surface area contributed by atoms with Crippen LogP contribution in [0.25, 0.3) is 17.5 Å². The summed E-state index contributed by atoms with van der Waals surface area (Å²) in [5.41, 5.74) is 1.26. The van der Waals surface area contributed by atoms with Gasteiger partial charge in [0.05, 0.1) is 13.7 Å². The predicted octanol–water partition coefficient (Wildman–Crippen LogP) is 3.24. The normalized spacial score (nSPS) is 14.8. The molecule has 160 valence electrons. The maximum absolute atomic E-state index is 13.7. The van der Waals surface area contributed by atoms with E-state index in [1.54, 1.807) is 30.2 Å². The molecule has 1 aliphatic rings. The van der Waals surface area contributed by atoms with Crippen LogP contribution in [-0.2, 0) is 11.3 Å². The fourth-order valence-corrected chi connectivity index (χ4v) is 3.37. The molecule has 8 heteroatoms. The summed E-state index contributed by atoms with van der Waals surface area (Å²) >= 11 is 0. The average Bonchev–Trinajstić information content (AvgIpc) is 3.27. The Labute approximate surface area is 179 Å². The molecule has 0 unspecified atom stereocenters. The lowest BCUT2D eigenvalue weighted by Crippen LogP contribution is -2.47. The van der Waals surface area contributed by atoms with Crippen LogP contribution in [0, 0.1) is 5.82 Å². The highest BCUT2D eigenvalue weighted by Crippen LogP contribution is 2.20. The maximum atomic E-state index is 13.7. The first-order valence-electron chi connectivity index (χ1n) is 10.0. The summed E-state index contributed by atoms with van der Waals surface area (Å²) in [7, 11) is 1.62. The number of nitrogens with zero attached hydrogens (tertiary/aromatic N) is 4. The van der Waals surface area contributed by atoms with Crippen molar-refractivity contribution in [2.75, 3.05) is 33.3 Å². The van der Waals surface area contributed by atoms with E-state index in [1.165, 1.54) is 18.2 Å².